The van der Waals surface area contributed by atoms with Crippen molar-refractivity contribution in [3.8, 4) is 5.75 Å². The van der Waals surface area contributed by atoms with E-state index in [0.717, 1.165) is 12.8 Å². The minimum absolute atomic E-state index is 0.178. The first kappa shape index (κ1) is 22.7. The molecule has 1 rings (SSSR count). The summed E-state index contributed by atoms with van der Waals surface area (Å²) in [5.41, 5.74) is 0.588. The highest BCUT2D eigenvalue weighted by molar-refractivity contribution is 5.88. The molecule has 7 heteroatoms. The molecule has 27 heavy (non-hydrogen) atoms. The van der Waals surface area contributed by atoms with Crippen LogP contribution >= 0.6 is 0 Å². The number of rotatable bonds is 13. The SMILES string of the molecule is C=CCOCCOCCCCN(CC)C(=O)Oc1cccc(NC(C)=O)c1. The number of unbranched alkanes of at least 4 members (excludes halogenated alkanes) is 1. The molecule has 1 aromatic rings. The van der Waals surface area contributed by atoms with Crippen LogP contribution in [-0.4, -0.2) is 56.4 Å². The minimum Gasteiger partial charge on any atom is -0.410 e. The Balaban J connectivity index is 2.29. The molecular formula is C20H30N2O5. The van der Waals surface area contributed by atoms with E-state index in [4.69, 9.17) is 14.2 Å². The zero-order valence-electron chi connectivity index (χ0n) is 16.2. The summed E-state index contributed by atoms with van der Waals surface area (Å²) >= 11 is 0. The van der Waals surface area contributed by atoms with Gasteiger partial charge in [0.1, 0.15) is 5.75 Å². The zero-order chi connectivity index (χ0) is 19.9. The van der Waals surface area contributed by atoms with Gasteiger partial charge < -0.3 is 24.4 Å². The maximum absolute atomic E-state index is 12.3. The number of hydrogen-bond donors (Lipinski definition) is 1. The maximum Gasteiger partial charge on any atom is 0.415 e. The van der Waals surface area contributed by atoms with Gasteiger partial charge in [-0.15, -0.1) is 6.58 Å². The summed E-state index contributed by atoms with van der Waals surface area (Å²) in [5, 5.41) is 2.66. The number of nitrogens with zero attached hydrogens (tertiary/aromatic N) is 1. The van der Waals surface area contributed by atoms with Crippen molar-refractivity contribution in [2.24, 2.45) is 0 Å². The van der Waals surface area contributed by atoms with Crippen LogP contribution in [0.2, 0.25) is 0 Å². The lowest BCUT2D eigenvalue weighted by atomic mass is 10.3. The number of hydrogen-bond acceptors (Lipinski definition) is 5. The average molecular weight is 378 g/mol. The molecule has 7 nitrogen and oxygen atoms in total. The summed E-state index contributed by atoms with van der Waals surface area (Å²) in [6, 6.07) is 6.76. The fourth-order valence-electron chi connectivity index (χ4n) is 2.28. The van der Waals surface area contributed by atoms with E-state index in [0.29, 0.717) is 51.0 Å². The molecule has 0 unspecified atom stereocenters. The van der Waals surface area contributed by atoms with Gasteiger partial charge >= 0.3 is 6.09 Å². The van der Waals surface area contributed by atoms with Crippen molar-refractivity contribution in [3.63, 3.8) is 0 Å². The highest BCUT2D eigenvalue weighted by Crippen LogP contribution is 2.18. The molecule has 0 fully saturated rings. The van der Waals surface area contributed by atoms with Crippen LogP contribution in [0, 0.1) is 0 Å². The summed E-state index contributed by atoms with van der Waals surface area (Å²) < 4.78 is 16.1. The first-order chi connectivity index (χ1) is 13.1. The molecule has 150 valence electrons. The van der Waals surface area contributed by atoms with Crippen molar-refractivity contribution in [1.82, 2.24) is 4.90 Å². The fourth-order valence-corrected chi connectivity index (χ4v) is 2.28. The number of nitrogens with one attached hydrogen (secondary N) is 1. The molecule has 0 aliphatic rings. The van der Waals surface area contributed by atoms with Crippen LogP contribution in [0.5, 0.6) is 5.75 Å². The van der Waals surface area contributed by atoms with Gasteiger partial charge in [-0.25, -0.2) is 4.79 Å². The summed E-state index contributed by atoms with van der Waals surface area (Å²) in [6.45, 7) is 10.3. The van der Waals surface area contributed by atoms with Crippen molar-refractivity contribution >= 4 is 17.7 Å². The molecule has 0 atom stereocenters. The molecule has 0 aliphatic heterocycles. The second kappa shape index (κ2) is 13.8. The van der Waals surface area contributed by atoms with Crippen molar-refractivity contribution in [2.45, 2.75) is 26.7 Å². The van der Waals surface area contributed by atoms with E-state index in [1.807, 2.05) is 6.92 Å². The van der Waals surface area contributed by atoms with Gasteiger partial charge in [-0.3, -0.25) is 4.79 Å². The van der Waals surface area contributed by atoms with Gasteiger partial charge in [0.25, 0.3) is 0 Å². The van der Waals surface area contributed by atoms with Crippen LogP contribution in [0.4, 0.5) is 10.5 Å². The van der Waals surface area contributed by atoms with E-state index in [9.17, 15) is 9.59 Å². The second-order valence-electron chi connectivity index (χ2n) is 5.84. The Morgan fingerprint density at radius 3 is 2.67 bits per heavy atom. The molecule has 1 aromatic carbocycles. The fraction of sp³-hybridized carbons (Fsp3) is 0.500. The Morgan fingerprint density at radius 2 is 1.96 bits per heavy atom. The van der Waals surface area contributed by atoms with Gasteiger partial charge in [0.2, 0.25) is 5.91 Å². The molecule has 0 saturated carbocycles. The maximum atomic E-state index is 12.3. The third-order valence-electron chi connectivity index (χ3n) is 3.57. The normalized spacial score (nSPS) is 10.3. The first-order valence-electron chi connectivity index (χ1n) is 9.17. The summed E-state index contributed by atoms with van der Waals surface area (Å²) in [4.78, 5) is 25.1. The smallest absolute Gasteiger partial charge is 0.410 e. The molecule has 2 amide bonds. The highest BCUT2D eigenvalue weighted by Gasteiger charge is 2.14. The zero-order valence-corrected chi connectivity index (χ0v) is 16.2. The standard InChI is InChI=1S/C20H30N2O5/c1-4-12-25-14-15-26-13-7-6-11-22(5-2)20(24)27-19-10-8-9-18(16-19)21-17(3)23/h4,8-10,16H,1,5-7,11-15H2,2-3H3,(H,21,23). The van der Waals surface area contributed by atoms with Crippen LogP contribution in [0.25, 0.3) is 0 Å². The predicted molar refractivity (Wildman–Crippen MR) is 105 cm³/mol. The lowest BCUT2D eigenvalue weighted by molar-refractivity contribution is -0.114. The quantitative estimate of drug-likeness (QED) is 0.420. The van der Waals surface area contributed by atoms with Gasteiger partial charge in [0.05, 0.1) is 19.8 Å². The van der Waals surface area contributed by atoms with Crippen molar-refractivity contribution in [1.29, 1.82) is 0 Å². The number of benzene rings is 1. The lowest BCUT2D eigenvalue weighted by Crippen LogP contribution is -2.34. The Kier molecular flexibility index (Phi) is 11.6. The van der Waals surface area contributed by atoms with Crippen LogP contribution in [0.15, 0.2) is 36.9 Å². The third kappa shape index (κ3) is 10.4. The average Bonchev–Trinajstić information content (AvgIpc) is 2.63. The Hall–Kier alpha value is -2.38. The Labute approximate surface area is 161 Å². The predicted octanol–water partition coefficient (Wildman–Crippen LogP) is 3.47. The van der Waals surface area contributed by atoms with Crippen molar-refractivity contribution in [2.75, 3.05) is 44.8 Å². The van der Waals surface area contributed by atoms with Crippen molar-refractivity contribution in [3.05, 3.63) is 36.9 Å². The van der Waals surface area contributed by atoms with Crippen molar-refractivity contribution < 1.29 is 23.8 Å². The molecule has 0 saturated heterocycles. The Morgan fingerprint density at radius 1 is 1.19 bits per heavy atom. The number of anilines is 1. The van der Waals surface area contributed by atoms with E-state index in [-0.39, 0.29) is 5.91 Å². The van der Waals surface area contributed by atoms with Gasteiger partial charge in [0, 0.05) is 38.4 Å². The van der Waals surface area contributed by atoms with E-state index < -0.39 is 6.09 Å². The molecular weight excluding hydrogens is 348 g/mol. The van der Waals surface area contributed by atoms with Gasteiger partial charge in [-0.2, -0.15) is 0 Å². The summed E-state index contributed by atoms with van der Waals surface area (Å²) in [5.74, 6) is 0.218. The molecule has 0 spiro atoms. The summed E-state index contributed by atoms with van der Waals surface area (Å²) in [6.07, 6.45) is 2.97. The van der Waals surface area contributed by atoms with Crippen LogP contribution in [0.1, 0.15) is 26.7 Å². The number of ether oxygens (including phenoxy) is 3. The molecule has 0 aliphatic carbocycles. The molecule has 0 heterocycles. The first-order valence-corrected chi connectivity index (χ1v) is 9.17. The Bertz CT molecular complexity index is 591. The van der Waals surface area contributed by atoms with Crippen LogP contribution < -0.4 is 10.1 Å². The monoisotopic (exact) mass is 378 g/mol. The largest absolute Gasteiger partial charge is 0.415 e. The van der Waals surface area contributed by atoms with E-state index in [2.05, 4.69) is 11.9 Å². The number of carbonyl (C=O) groups excluding carboxylic acids is 2. The molecule has 1 N–H and O–H groups in total. The van der Waals surface area contributed by atoms with Gasteiger partial charge in [-0.1, -0.05) is 12.1 Å². The van der Waals surface area contributed by atoms with Gasteiger partial charge in [0.15, 0.2) is 0 Å². The molecule has 0 bridgehead atoms. The highest BCUT2D eigenvalue weighted by atomic mass is 16.6. The second-order valence-corrected chi connectivity index (χ2v) is 5.84. The minimum atomic E-state index is -0.406. The van der Waals surface area contributed by atoms with E-state index >= 15 is 0 Å². The summed E-state index contributed by atoms with van der Waals surface area (Å²) in [7, 11) is 0. The van der Waals surface area contributed by atoms with Crippen LogP contribution in [-0.2, 0) is 14.3 Å². The molecule has 0 aromatic heterocycles. The number of amides is 2. The topological polar surface area (TPSA) is 77.1 Å². The lowest BCUT2D eigenvalue weighted by Gasteiger charge is -2.20. The number of carbonyl (C=O) groups is 2. The van der Waals surface area contributed by atoms with E-state index in [1.165, 1.54) is 6.92 Å². The third-order valence-corrected chi connectivity index (χ3v) is 3.57. The molecule has 0 radical (unpaired) electrons. The van der Waals surface area contributed by atoms with E-state index in [1.54, 1.807) is 35.2 Å². The van der Waals surface area contributed by atoms with Crippen LogP contribution in [0.3, 0.4) is 0 Å². The van der Waals surface area contributed by atoms with Gasteiger partial charge in [-0.05, 0) is 31.9 Å².